The number of nitrogens with one attached hydrogen (secondary N) is 1. The van der Waals surface area contributed by atoms with Gasteiger partial charge in [-0.15, -0.1) is 0 Å². The van der Waals surface area contributed by atoms with Gasteiger partial charge in [-0.25, -0.2) is 17.4 Å². The third-order valence-corrected chi connectivity index (χ3v) is 7.86. The molecule has 1 aromatic heterocycles. The van der Waals surface area contributed by atoms with Crippen molar-refractivity contribution in [3.8, 4) is 5.75 Å². The summed E-state index contributed by atoms with van der Waals surface area (Å²) in [6, 6.07) is 20.4. The van der Waals surface area contributed by atoms with Crippen molar-refractivity contribution in [3.05, 3.63) is 77.3 Å². The Morgan fingerprint density at radius 3 is 2.50 bits per heavy atom. The van der Waals surface area contributed by atoms with Crippen LogP contribution in [-0.2, 0) is 14.8 Å². The van der Waals surface area contributed by atoms with E-state index in [1.54, 1.807) is 60.7 Å². The van der Waals surface area contributed by atoms with Gasteiger partial charge in [0, 0.05) is 4.47 Å². The van der Waals surface area contributed by atoms with Crippen LogP contribution in [0.15, 0.2) is 87.3 Å². The van der Waals surface area contributed by atoms with Gasteiger partial charge in [-0.3, -0.25) is 4.79 Å². The summed E-state index contributed by atoms with van der Waals surface area (Å²) in [4.78, 5) is 17.2. The molecule has 0 unspecified atom stereocenters. The minimum atomic E-state index is -3.93. The van der Waals surface area contributed by atoms with Crippen LogP contribution in [0.3, 0.4) is 0 Å². The monoisotopic (exact) mass is 531 g/mol. The number of nitrogens with zero attached hydrogens (tertiary/aromatic N) is 2. The number of halogens is 1. The fourth-order valence-corrected chi connectivity index (χ4v) is 5.86. The highest BCUT2D eigenvalue weighted by Gasteiger charge is 2.25. The predicted molar refractivity (Wildman–Crippen MR) is 129 cm³/mol. The van der Waals surface area contributed by atoms with Gasteiger partial charge >= 0.3 is 0 Å². The van der Waals surface area contributed by atoms with Crippen molar-refractivity contribution < 1.29 is 17.9 Å². The molecule has 0 saturated carbocycles. The van der Waals surface area contributed by atoms with Gasteiger partial charge in [-0.05, 0) is 48.5 Å². The number of fused-ring (bicyclic) bond motifs is 1. The molecule has 10 heteroatoms. The molecule has 0 spiro atoms. The number of carbonyl (C=O) groups excluding carboxylic acids is 1. The van der Waals surface area contributed by atoms with E-state index >= 15 is 0 Å². The number of carbonyl (C=O) groups is 1. The number of hydrogen-bond acceptors (Lipinski definition) is 6. The second kappa shape index (κ2) is 9.35. The molecule has 0 radical (unpaired) electrons. The van der Waals surface area contributed by atoms with E-state index in [2.05, 4.69) is 26.2 Å². The predicted octanol–water partition coefficient (Wildman–Crippen LogP) is 4.78. The van der Waals surface area contributed by atoms with Crippen LogP contribution in [0.4, 0.5) is 5.69 Å². The first-order valence-corrected chi connectivity index (χ1v) is 12.7. The Morgan fingerprint density at radius 2 is 1.75 bits per heavy atom. The van der Waals surface area contributed by atoms with E-state index in [9.17, 15) is 13.2 Å². The standard InChI is InChI=1S/C22H18BrN3O4S2/c1-30-20-9-5-3-7-18(20)24-21(27)14-31-22-25-17-6-2-4-8-19(17)26(22)32(28,29)16-12-10-15(23)11-13-16/h2-13H,14H2,1H3,(H,24,27). The second-order valence-corrected chi connectivity index (χ2v) is 10.3. The van der Waals surface area contributed by atoms with E-state index in [0.717, 1.165) is 16.2 Å². The summed E-state index contributed by atoms with van der Waals surface area (Å²) in [5.74, 6) is 0.201. The quantitative estimate of drug-likeness (QED) is 0.345. The third kappa shape index (κ3) is 4.52. The van der Waals surface area contributed by atoms with Crippen molar-refractivity contribution in [3.63, 3.8) is 0 Å². The minimum absolute atomic E-state index is 0.0305. The average molecular weight is 532 g/mol. The van der Waals surface area contributed by atoms with E-state index in [1.807, 2.05) is 0 Å². The third-order valence-electron chi connectivity index (χ3n) is 4.56. The Kier molecular flexibility index (Phi) is 6.54. The zero-order chi connectivity index (χ0) is 22.7. The molecule has 0 aliphatic heterocycles. The number of rotatable bonds is 7. The van der Waals surface area contributed by atoms with Crippen LogP contribution in [0.2, 0.25) is 0 Å². The first-order chi connectivity index (χ1) is 15.4. The van der Waals surface area contributed by atoms with Gasteiger partial charge in [0.15, 0.2) is 5.16 Å². The van der Waals surface area contributed by atoms with Gasteiger partial charge in [0.25, 0.3) is 10.0 Å². The Bertz CT molecular complexity index is 1390. The van der Waals surface area contributed by atoms with Crippen LogP contribution >= 0.6 is 27.7 Å². The fourth-order valence-electron chi connectivity index (χ4n) is 3.08. The number of ether oxygens (including phenoxy) is 1. The molecule has 0 saturated heterocycles. The van der Waals surface area contributed by atoms with E-state index in [-0.39, 0.29) is 21.7 Å². The Morgan fingerprint density at radius 1 is 1.06 bits per heavy atom. The van der Waals surface area contributed by atoms with Gasteiger partial charge in [0.1, 0.15) is 5.75 Å². The smallest absolute Gasteiger partial charge is 0.270 e. The molecular weight excluding hydrogens is 514 g/mol. The van der Waals surface area contributed by atoms with Crippen molar-refractivity contribution in [1.82, 2.24) is 8.96 Å². The lowest BCUT2D eigenvalue weighted by atomic mass is 10.3. The molecule has 0 atom stereocenters. The second-order valence-electron chi connectivity index (χ2n) is 6.64. The maximum absolute atomic E-state index is 13.4. The number of aromatic nitrogens is 2. The summed E-state index contributed by atoms with van der Waals surface area (Å²) in [7, 11) is -2.40. The molecule has 1 amide bonds. The highest BCUT2D eigenvalue weighted by atomic mass is 79.9. The number of anilines is 1. The Balaban J connectivity index is 1.65. The lowest BCUT2D eigenvalue weighted by Gasteiger charge is -2.11. The molecule has 7 nitrogen and oxygen atoms in total. The van der Waals surface area contributed by atoms with Crippen LogP contribution in [0.1, 0.15) is 0 Å². The molecule has 0 bridgehead atoms. The SMILES string of the molecule is COc1ccccc1NC(=O)CSc1nc2ccccc2n1S(=O)(=O)c1ccc(Br)cc1. The topological polar surface area (TPSA) is 90.3 Å². The van der Waals surface area contributed by atoms with Crippen LogP contribution in [-0.4, -0.2) is 36.1 Å². The summed E-state index contributed by atoms with van der Waals surface area (Å²) in [5.41, 5.74) is 1.51. The minimum Gasteiger partial charge on any atom is -0.495 e. The van der Waals surface area contributed by atoms with E-state index in [0.29, 0.717) is 22.5 Å². The summed E-state index contributed by atoms with van der Waals surface area (Å²) in [6.45, 7) is 0. The number of para-hydroxylation sites is 4. The zero-order valence-electron chi connectivity index (χ0n) is 16.9. The number of hydrogen-bond donors (Lipinski definition) is 1. The molecule has 3 aromatic carbocycles. The molecule has 0 aliphatic rings. The molecule has 0 aliphatic carbocycles. The zero-order valence-corrected chi connectivity index (χ0v) is 20.1. The van der Waals surface area contributed by atoms with Gasteiger partial charge in [-0.1, -0.05) is 52.0 Å². The largest absolute Gasteiger partial charge is 0.495 e. The lowest BCUT2D eigenvalue weighted by molar-refractivity contribution is -0.113. The fraction of sp³-hybridized carbons (Fsp3) is 0.0909. The average Bonchev–Trinajstić information content (AvgIpc) is 3.17. The first kappa shape index (κ1) is 22.4. The highest BCUT2D eigenvalue weighted by molar-refractivity contribution is 9.10. The van der Waals surface area contributed by atoms with Gasteiger partial charge < -0.3 is 10.1 Å². The van der Waals surface area contributed by atoms with Gasteiger partial charge in [0.2, 0.25) is 5.91 Å². The van der Waals surface area contributed by atoms with Crippen LogP contribution < -0.4 is 10.1 Å². The van der Waals surface area contributed by atoms with Gasteiger partial charge in [0.05, 0.1) is 34.5 Å². The first-order valence-electron chi connectivity index (χ1n) is 9.44. The van der Waals surface area contributed by atoms with Crippen molar-refractivity contribution in [2.45, 2.75) is 10.1 Å². The number of imidazole rings is 1. The summed E-state index contributed by atoms with van der Waals surface area (Å²) in [6.07, 6.45) is 0. The maximum atomic E-state index is 13.4. The Hall–Kier alpha value is -2.82. The van der Waals surface area contributed by atoms with Crippen molar-refractivity contribution >= 4 is 60.3 Å². The number of methoxy groups -OCH3 is 1. The van der Waals surface area contributed by atoms with Gasteiger partial charge in [-0.2, -0.15) is 0 Å². The maximum Gasteiger partial charge on any atom is 0.270 e. The number of thioether (sulfide) groups is 1. The van der Waals surface area contributed by atoms with Crippen molar-refractivity contribution in [2.75, 3.05) is 18.2 Å². The molecular formula is C22H18BrN3O4S2. The number of benzene rings is 3. The van der Waals surface area contributed by atoms with E-state index in [4.69, 9.17) is 4.74 Å². The van der Waals surface area contributed by atoms with Crippen molar-refractivity contribution in [1.29, 1.82) is 0 Å². The molecule has 32 heavy (non-hydrogen) atoms. The van der Waals surface area contributed by atoms with Crippen LogP contribution in [0, 0.1) is 0 Å². The molecule has 4 rings (SSSR count). The summed E-state index contributed by atoms with van der Waals surface area (Å²) < 4.78 is 34.1. The van der Waals surface area contributed by atoms with Crippen LogP contribution in [0.5, 0.6) is 5.75 Å². The molecule has 1 N–H and O–H groups in total. The molecule has 0 fully saturated rings. The summed E-state index contributed by atoms with van der Waals surface area (Å²) in [5, 5.41) is 3.00. The normalized spacial score (nSPS) is 11.4. The van der Waals surface area contributed by atoms with Crippen molar-refractivity contribution in [2.24, 2.45) is 0 Å². The van der Waals surface area contributed by atoms with E-state index < -0.39 is 10.0 Å². The van der Waals surface area contributed by atoms with Crippen LogP contribution in [0.25, 0.3) is 11.0 Å². The molecule has 1 heterocycles. The van der Waals surface area contributed by atoms with E-state index in [1.165, 1.54) is 23.2 Å². The summed E-state index contributed by atoms with van der Waals surface area (Å²) >= 11 is 4.37. The highest BCUT2D eigenvalue weighted by Crippen LogP contribution is 2.30. The lowest BCUT2D eigenvalue weighted by Crippen LogP contribution is -2.17. The Labute approximate surface area is 198 Å². The molecule has 164 valence electrons. The molecule has 4 aromatic rings. The number of amides is 1.